The molecule has 1 N–H and O–H groups in total. The van der Waals surface area contributed by atoms with Gasteiger partial charge in [0.1, 0.15) is 0 Å². The molecule has 2 amide bonds. The normalized spacial score (nSPS) is 17.9. The second-order valence-electron chi connectivity index (χ2n) is 5.14. The van der Waals surface area contributed by atoms with Crippen molar-refractivity contribution in [2.75, 3.05) is 31.7 Å². The van der Waals surface area contributed by atoms with E-state index in [2.05, 4.69) is 5.32 Å². The number of carbonyl (C=O) groups excluding carboxylic acids is 2. The summed E-state index contributed by atoms with van der Waals surface area (Å²) in [6.07, 6.45) is 0.954. The topological polar surface area (TPSA) is 58.6 Å². The third-order valence-corrected chi connectivity index (χ3v) is 4.27. The molecule has 0 aliphatic carbocycles. The summed E-state index contributed by atoms with van der Waals surface area (Å²) in [6.45, 7) is 1.50. The van der Waals surface area contributed by atoms with Crippen molar-refractivity contribution in [1.29, 1.82) is 0 Å². The fourth-order valence-corrected chi connectivity index (χ4v) is 2.65. The van der Waals surface area contributed by atoms with Crippen LogP contribution in [-0.4, -0.2) is 38.6 Å². The minimum absolute atomic E-state index is 0.0876. The zero-order valence-corrected chi connectivity index (χ0v) is 13.8. The predicted octanol–water partition coefficient (Wildman–Crippen LogP) is 2.50. The summed E-state index contributed by atoms with van der Waals surface area (Å²) in [5.41, 5.74) is 0.661. The molecule has 1 aromatic rings. The molecule has 1 unspecified atom stereocenters. The summed E-state index contributed by atoms with van der Waals surface area (Å²) < 4.78 is 4.92. The van der Waals surface area contributed by atoms with Crippen LogP contribution in [0.5, 0.6) is 0 Å². The second-order valence-corrected chi connectivity index (χ2v) is 5.96. The minimum atomic E-state index is -0.343. The minimum Gasteiger partial charge on any atom is -0.385 e. The number of hydrogen-bond donors (Lipinski definition) is 1. The number of anilines is 1. The van der Waals surface area contributed by atoms with Crippen molar-refractivity contribution in [2.24, 2.45) is 5.92 Å². The molecule has 1 aliphatic rings. The van der Waals surface area contributed by atoms with Gasteiger partial charge in [0.2, 0.25) is 11.8 Å². The zero-order chi connectivity index (χ0) is 16.1. The Kier molecular flexibility index (Phi) is 6.06. The van der Waals surface area contributed by atoms with Crippen LogP contribution in [0.1, 0.15) is 12.8 Å². The van der Waals surface area contributed by atoms with Crippen LogP contribution in [0.3, 0.4) is 0 Å². The van der Waals surface area contributed by atoms with E-state index in [0.717, 1.165) is 6.42 Å². The van der Waals surface area contributed by atoms with Gasteiger partial charge in [0.25, 0.3) is 0 Å². The number of halogens is 2. The molecule has 5 nitrogen and oxygen atoms in total. The van der Waals surface area contributed by atoms with Crippen molar-refractivity contribution in [3.8, 4) is 0 Å². The van der Waals surface area contributed by atoms with E-state index < -0.39 is 0 Å². The van der Waals surface area contributed by atoms with Gasteiger partial charge in [-0.2, -0.15) is 0 Å². The van der Waals surface area contributed by atoms with Crippen molar-refractivity contribution < 1.29 is 14.3 Å². The van der Waals surface area contributed by atoms with E-state index in [9.17, 15) is 9.59 Å². The molecule has 1 saturated heterocycles. The van der Waals surface area contributed by atoms with Gasteiger partial charge in [-0.15, -0.1) is 0 Å². The molecule has 1 aliphatic heterocycles. The van der Waals surface area contributed by atoms with Gasteiger partial charge in [-0.25, -0.2) is 0 Å². The molecule has 0 saturated carbocycles. The Morgan fingerprint density at radius 1 is 1.41 bits per heavy atom. The molecule has 1 atom stereocenters. The third-order valence-electron chi connectivity index (χ3n) is 3.54. The second kappa shape index (κ2) is 7.81. The Hall–Kier alpha value is -1.30. The van der Waals surface area contributed by atoms with Crippen LogP contribution in [0.2, 0.25) is 10.0 Å². The van der Waals surface area contributed by atoms with Crippen LogP contribution >= 0.6 is 23.2 Å². The molecule has 0 bridgehead atoms. The summed E-state index contributed by atoms with van der Waals surface area (Å²) in [6, 6.07) is 5.01. The summed E-state index contributed by atoms with van der Waals surface area (Å²) in [4.78, 5) is 25.8. The molecule has 1 aromatic carbocycles. The standard InChI is InChI=1S/C15H18Cl2N2O3/c1-22-6-2-5-18-15(21)10-7-14(20)19(9-10)11-3-4-12(16)13(17)8-11/h3-4,8,10H,2,5-7,9H2,1H3,(H,18,21). The van der Waals surface area contributed by atoms with Crippen LogP contribution < -0.4 is 10.2 Å². The first-order valence-corrected chi connectivity index (χ1v) is 7.80. The summed E-state index contributed by atoms with van der Waals surface area (Å²) in [5, 5.41) is 3.65. The Morgan fingerprint density at radius 2 is 2.18 bits per heavy atom. The van der Waals surface area contributed by atoms with E-state index in [0.29, 0.717) is 35.4 Å². The quantitative estimate of drug-likeness (QED) is 0.806. The number of benzene rings is 1. The maximum atomic E-state index is 12.1. The Bertz CT molecular complexity index is 566. The molecule has 120 valence electrons. The maximum absolute atomic E-state index is 12.1. The van der Waals surface area contributed by atoms with Gasteiger partial charge in [-0.3, -0.25) is 9.59 Å². The SMILES string of the molecule is COCCCNC(=O)C1CC(=O)N(c2ccc(Cl)c(Cl)c2)C1. The summed E-state index contributed by atoms with van der Waals surface area (Å²) in [7, 11) is 1.62. The number of nitrogens with zero attached hydrogens (tertiary/aromatic N) is 1. The number of ether oxygens (including phenoxy) is 1. The van der Waals surface area contributed by atoms with Gasteiger partial charge >= 0.3 is 0 Å². The molecule has 7 heteroatoms. The maximum Gasteiger partial charge on any atom is 0.227 e. The van der Waals surface area contributed by atoms with E-state index in [1.807, 2.05) is 0 Å². The predicted molar refractivity (Wildman–Crippen MR) is 86.4 cm³/mol. The first kappa shape index (κ1) is 17.1. The molecule has 22 heavy (non-hydrogen) atoms. The van der Waals surface area contributed by atoms with Crippen molar-refractivity contribution in [3.05, 3.63) is 28.2 Å². The smallest absolute Gasteiger partial charge is 0.227 e. The van der Waals surface area contributed by atoms with E-state index >= 15 is 0 Å². The van der Waals surface area contributed by atoms with Crippen LogP contribution in [-0.2, 0) is 14.3 Å². The molecular weight excluding hydrogens is 327 g/mol. The van der Waals surface area contributed by atoms with Crippen LogP contribution in [0.25, 0.3) is 0 Å². The Balaban J connectivity index is 1.95. The van der Waals surface area contributed by atoms with E-state index in [4.69, 9.17) is 27.9 Å². The van der Waals surface area contributed by atoms with Crippen LogP contribution in [0, 0.1) is 5.92 Å². The number of carbonyl (C=O) groups is 2. The largest absolute Gasteiger partial charge is 0.385 e. The molecule has 1 heterocycles. The van der Waals surface area contributed by atoms with Gasteiger partial charge < -0.3 is 15.0 Å². The monoisotopic (exact) mass is 344 g/mol. The van der Waals surface area contributed by atoms with Crippen molar-refractivity contribution in [3.63, 3.8) is 0 Å². The average molecular weight is 345 g/mol. The van der Waals surface area contributed by atoms with Crippen molar-refractivity contribution >= 4 is 40.7 Å². The molecule has 0 spiro atoms. The molecule has 0 aromatic heterocycles. The Morgan fingerprint density at radius 3 is 2.86 bits per heavy atom. The lowest BCUT2D eigenvalue weighted by Gasteiger charge is -2.17. The van der Waals surface area contributed by atoms with Crippen molar-refractivity contribution in [1.82, 2.24) is 5.32 Å². The van der Waals surface area contributed by atoms with E-state index in [1.54, 1.807) is 30.2 Å². The highest BCUT2D eigenvalue weighted by atomic mass is 35.5. The molecule has 1 fully saturated rings. The van der Waals surface area contributed by atoms with Gasteiger partial charge in [-0.05, 0) is 24.6 Å². The highest BCUT2D eigenvalue weighted by Crippen LogP contribution is 2.31. The highest BCUT2D eigenvalue weighted by molar-refractivity contribution is 6.42. The first-order valence-electron chi connectivity index (χ1n) is 7.05. The number of amides is 2. The fourth-order valence-electron chi connectivity index (χ4n) is 2.36. The average Bonchev–Trinajstić information content (AvgIpc) is 2.88. The van der Waals surface area contributed by atoms with Crippen LogP contribution in [0.15, 0.2) is 18.2 Å². The Labute approximate surface area is 139 Å². The van der Waals surface area contributed by atoms with Gasteiger partial charge in [-0.1, -0.05) is 23.2 Å². The fraction of sp³-hybridized carbons (Fsp3) is 0.467. The molecule has 2 rings (SSSR count). The number of nitrogens with one attached hydrogen (secondary N) is 1. The zero-order valence-electron chi connectivity index (χ0n) is 12.3. The highest BCUT2D eigenvalue weighted by Gasteiger charge is 2.35. The molecular formula is C15H18Cl2N2O3. The number of rotatable bonds is 6. The van der Waals surface area contributed by atoms with Crippen LogP contribution in [0.4, 0.5) is 5.69 Å². The van der Waals surface area contributed by atoms with Crippen molar-refractivity contribution in [2.45, 2.75) is 12.8 Å². The number of hydrogen-bond acceptors (Lipinski definition) is 3. The molecule has 0 radical (unpaired) electrons. The summed E-state index contributed by atoms with van der Waals surface area (Å²) >= 11 is 11.9. The first-order chi connectivity index (χ1) is 10.5. The lowest BCUT2D eigenvalue weighted by atomic mass is 10.1. The summed E-state index contributed by atoms with van der Waals surface area (Å²) in [5.74, 6) is -0.535. The van der Waals surface area contributed by atoms with E-state index in [1.165, 1.54) is 0 Å². The number of methoxy groups -OCH3 is 1. The van der Waals surface area contributed by atoms with Gasteiger partial charge in [0.05, 0.1) is 16.0 Å². The van der Waals surface area contributed by atoms with E-state index in [-0.39, 0.29) is 24.2 Å². The van der Waals surface area contributed by atoms with Gasteiger partial charge in [0.15, 0.2) is 0 Å². The third kappa shape index (κ3) is 4.12. The van der Waals surface area contributed by atoms with Gasteiger partial charge in [0, 0.05) is 38.9 Å². The lowest BCUT2D eigenvalue weighted by molar-refractivity contribution is -0.126. The lowest BCUT2D eigenvalue weighted by Crippen LogP contribution is -2.33.